The standard InChI is InChI=1S/C8H15O2/c9-5-7-3-1-2-4-8(7)6-10/h1,7-10H,2-6H2. The first-order valence-corrected chi connectivity index (χ1v) is 3.92. The molecular weight excluding hydrogens is 128 g/mol. The van der Waals surface area contributed by atoms with Gasteiger partial charge in [-0.05, 0) is 37.5 Å². The molecule has 0 bridgehead atoms. The van der Waals surface area contributed by atoms with Crippen LogP contribution in [0.4, 0.5) is 0 Å². The summed E-state index contributed by atoms with van der Waals surface area (Å²) in [6, 6.07) is 0. The molecule has 1 radical (unpaired) electrons. The van der Waals surface area contributed by atoms with Crippen molar-refractivity contribution < 1.29 is 10.2 Å². The van der Waals surface area contributed by atoms with Crippen molar-refractivity contribution in [3.63, 3.8) is 0 Å². The normalized spacial score (nSPS) is 34.2. The van der Waals surface area contributed by atoms with E-state index in [9.17, 15) is 0 Å². The molecule has 0 aromatic heterocycles. The molecule has 1 saturated carbocycles. The maximum atomic E-state index is 8.87. The summed E-state index contributed by atoms with van der Waals surface area (Å²) >= 11 is 0. The van der Waals surface area contributed by atoms with Gasteiger partial charge in [-0.1, -0.05) is 0 Å². The van der Waals surface area contributed by atoms with Gasteiger partial charge in [0.25, 0.3) is 0 Å². The molecule has 1 aliphatic rings. The Bertz CT molecular complexity index is 81.3. The van der Waals surface area contributed by atoms with Gasteiger partial charge in [-0.2, -0.15) is 0 Å². The van der Waals surface area contributed by atoms with Crippen LogP contribution >= 0.6 is 0 Å². The average molecular weight is 143 g/mol. The number of rotatable bonds is 2. The fourth-order valence-corrected chi connectivity index (χ4v) is 1.56. The number of aliphatic hydroxyl groups is 2. The van der Waals surface area contributed by atoms with E-state index in [0.29, 0.717) is 11.8 Å². The second kappa shape index (κ2) is 3.94. The lowest BCUT2D eigenvalue weighted by atomic mass is 9.80. The minimum atomic E-state index is 0.224. The molecule has 2 atom stereocenters. The minimum absolute atomic E-state index is 0.224. The molecule has 1 fully saturated rings. The van der Waals surface area contributed by atoms with Crippen LogP contribution in [0.15, 0.2) is 0 Å². The Labute approximate surface area is 61.9 Å². The van der Waals surface area contributed by atoms with Crippen LogP contribution in [-0.4, -0.2) is 23.4 Å². The summed E-state index contributed by atoms with van der Waals surface area (Å²) in [4.78, 5) is 0. The molecule has 0 heterocycles. The zero-order chi connectivity index (χ0) is 7.40. The lowest BCUT2D eigenvalue weighted by molar-refractivity contribution is 0.100. The van der Waals surface area contributed by atoms with Crippen molar-refractivity contribution >= 4 is 0 Å². The summed E-state index contributed by atoms with van der Waals surface area (Å²) in [5.74, 6) is 0.661. The van der Waals surface area contributed by atoms with Crippen LogP contribution in [-0.2, 0) is 0 Å². The lowest BCUT2D eigenvalue weighted by Gasteiger charge is -2.28. The zero-order valence-corrected chi connectivity index (χ0v) is 6.16. The van der Waals surface area contributed by atoms with Gasteiger partial charge < -0.3 is 10.2 Å². The van der Waals surface area contributed by atoms with Crippen LogP contribution in [0, 0.1) is 18.3 Å². The van der Waals surface area contributed by atoms with E-state index in [1.807, 2.05) is 0 Å². The SMILES string of the molecule is OCC1C[CH]CCC1CO. The Hall–Kier alpha value is -0.0800. The van der Waals surface area contributed by atoms with Crippen LogP contribution in [0.5, 0.6) is 0 Å². The van der Waals surface area contributed by atoms with Crippen molar-refractivity contribution in [1.29, 1.82) is 0 Å². The predicted octanol–water partition coefficient (Wildman–Crippen LogP) is 0.592. The molecule has 0 aliphatic heterocycles. The van der Waals surface area contributed by atoms with Gasteiger partial charge in [0.05, 0.1) is 0 Å². The maximum absolute atomic E-state index is 8.87. The van der Waals surface area contributed by atoms with Crippen molar-refractivity contribution in [2.45, 2.75) is 19.3 Å². The molecule has 0 saturated heterocycles. The van der Waals surface area contributed by atoms with E-state index in [2.05, 4.69) is 6.42 Å². The van der Waals surface area contributed by atoms with E-state index in [1.54, 1.807) is 0 Å². The fourth-order valence-electron chi connectivity index (χ4n) is 1.56. The zero-order valence-electron chi connectivity index (χ0n) is 6.16. The van der Waals surface area contributed by atoms with Crippen LogP contribution in [0.1, 0.15) is 19.3 Å². The highest BCUT2D eigenvalue weighted by Crippen LogP contribution is 2.28. The average Bonchev–Trinajstić information content (AvgIpc) is 2.04. The molecule has 2 unspecified atom stereocenters. The van der Waals surface area contributed by atoms with Gasteiger partial charge in [0.15, 0.2) is 0 Å². The number of hydrogen-bond donors (Lipinski definition) is 2. The second-order valence-corrected chi connectivity index (χ2v) is 2.99. The molecule has 0 amide bonds. The second-order valence-electron chi connectivity index (χ2n) is 2.99. The van der Waals surface area contributed by atoms with Crippen molar-refractivity contribution in [2.75, 3.05) is 13.2 Å². The van der Waals surface area contributed by atoms with Crippen LogP contribution in [0.2, 0.25) is 0 Å². The highest BCUT2D eigenvalue weighted by Gasteiger charge is 2.23. The Morgan fingerprint density at radius 1 is 1.20 bits per heavy atom. The number of aliphatic hydroxyl groups excluding tert-OH is 2. The van der Waals surface area contributed by atoms with E-state index in [0.717, 1.165) is 19.3 Å². The Balaban J connectivity index is 2.34. The van der Waals surface area contributed by atoms with E-state index in [-0.39, 0.29) is 13.2 Å². The molecule has 1 rings (SSSR count). The highest BCUT2D eigenvalue weighted by molar-refractivity contribution is 4.83. The third-order valence-electron chi connectivity index (χ3n) is 2.35. The summed E-state index contributed by atoms with van der Waals surface area (Å²) in [6.07, 6.45) is 5.32. The van der Waals surface area contributed by atoms with Gasteiger partial charge >= 0.3 is 0 Å². The lowest BCUT2D eigenvalue weighted by Crippen LogP contribution is -2.25. The Morgan fingerprint density at radius 2 is 1.90 bits per heavy atom. The van der Waals surface area contributed by atoms with E-state index >= 15 is 0 Å². The van der Waals surface area contributed by atoms with Gasteiger partial charge in [-0.15, -0.1) is 0 Å². The molecule has 0 aromatic rings. The van der Waals surface area contributed by atoms with Gasteiger partial charge in [-0.3, -0.25) is 0 Å². The molecule has 1 aliphatic carbocycles. The van der Waals surface area contributed by atoms with Gasteiger partial charge in [0.1, 0.15) is 0 Å². The third kappa shape index (κ3) is 1.70. The van der Waals surface area contributed by atoms with Crippen molar-refractivity contribution in [2.24, 2.45) is 11.8 Å². The van der Waals surface area contributed by atoms with Crippen LogP contribution in [0.3, 0.4) is 0 Å². The van der Waals surface area contributed by atoms with Gasteiger partial charge in [0, 0.05) is 13.2 Å². The van der Waals surface area contributed by atoms with Crippen molar-refractivity contribution in [3.8, 4) is 0 Å². The van der Waals surface area contributed by atoms with E-state index in [1.165, 1.54) is 0 Å². The van der Waals surface area contributed by atoms with Crippen LogP contribution in [0.25, 0.3) is 0 Å². The Kier molecular flexibility index (Phi) is 3.16. The van der Waals surface area contributed by atoms with E-state index < -0.39 is 0 Å². The fraction of sp³-hybridized carbons (Fsp3) is 0.875. The van der Waals surface area contributed by atoms with Crippen molar-refractivity contribution in [1.82, 2.24) is 0 Å². The monoisotopic (exact) mass is 143 g/mol. The minimum Gasteiger partial charge on any atom is -0.396 e. The van der Waals surface area contributed by atoms with Gasteiger partial charge in [-0.25, -0.2) is 0 Å². The molecule has 2 heteroatoms. The topological polar surface area (TPSA) is 40.5 Å². The molecule has 10 heavy (non-hydrogen) atoms. The first-order valence-electron chi connectivity index (χ1n) is 3.92. The molecule has 2 nitrogen and oxygen atoms in total. The van der Waals surface area contributed by atoms with Gasteiger partial charge in [0.2, 0.25) is 0 Å². The van der Waals surface area contributed by atoms with Crippen LogP contribution < -0.4 is 0 Å². The molecular formula is C8H15O2. The maximum Gasteiger partial charge on any atom is 0.0462 e. The largest absolute Gasteiger partial charge is 0.396 e. The third-order valence-corrected chi connectivity index (χ3v) is 2.35. The quantitative estimate of drug-likeness (QED) is 0.594. The summed E-state index contributed by atoms with van der Waals surface area (Å²) < 4.78 is 0. The molecule has 0 spiro atoms. The summed E-state index contributed by atoms with van der Waals surface area (Å²) in [6.45, 7) is 0.459. The molecule has 2 N–H and O–H groups in total. The predicted molar refractivity (Wildman–Crippen MR) is 39.3 cm³/mol. The summed E-state index contributed by atoms with van der Waals surface area (Å²) in [7, 11) is 0. The summed E-state index contributed by atoms with van der Waals surface area (Å²) in [5.41, 5.74) is 0. The van der Waals surface area contributed by atoms with Crippen molar-refractivity contribution in [3.05, 3.63) is 6.42 Å². The smallest absolute Gasteiger partial charge is 0.0462 e. The van der Waals surface area contributed by atoms with E-state index in [4.69, 9.17) is 10.2 Å². The Morgan fingerprint density at radius 3 is 2.40 bits per heavy atom. The first-order chi connectivity index (χ1) is 4.88. The first kappa shape index (κ1) is 8.02. The number of hydrogen-bond acceptors (Lipinski definition) is 2. The highest BCUT2D eigenvalue weighted by atomic mass is 16.3. The summed E-state index contributed by atoms with van der Waals surface area (Å²) in [5, 5.41) is 17.7. The molecule has 59 valence electrons. The molecule has 0 aromatic carbocycles.